The second-order valence-electron chi connectivity index (χ2n) is 4.53. The third-order valence-electron chi connectivity index (χ3n) is 3.21. The van der Waals surface area contributed by atoms with E-state index in [9.17, 15) is 0 Å². The number of imidazole rings is 1. The van der Waals surface area contributed by atoms with Gasteiger partial charge in [0.15, 0.2) is 0 Å². The highest BCUT2D eigenvalue weighted by atomic mass is 15.1. The topological polar surface area (TPSA) is 43.8 Å². The Bertz CT molecular complexity index is 497. The molecule has 0 spiro atoms. The minimum Gasteiger partial charge on any atom is -0.330 e. The molecule has 3 nitrogen and oxygen atoms in total. The molecule has 84 valence electrons. The Labute approximate surface area is 95.3 Å². The van der Waals surface area contributed by atoms with Crippen molar-refractivity contribution in [3.8, 4) is 0 Å². The van der Waals surface area contributed by atoms with Gasteiger partial charge in [-0.1, -0.05) is 12.1 Å². The van der Waals surface area contributed by atoms with E-state index >= 15 is 0 Å². The fraction of sp³-hybridized carbons (Fsp3) is 0.462. The third-order valence-corrected chi connectivity index (χ3v) is 3.21. The molecule has 16 heavy (non-hydrogen) atoms. The molecule has 1 aliphatic carbocycles. The lowest BCUT2D eigenvalue weighted by molar-refractivity contribution is 0.633. The molecular formula is C13H17N3. The van der Waals surface area contributed by atoms with Crippen LogP contribution >= 0.6 is 0 Å². The van der Waals surface area contributed by atoms with Gasteiger partial charge in [0.05, 0.1) is 11.0 Å². The van der Waals surface area contributed by atoms with Gasteiger partial charge in [-0.05, 0) is 37.9 Å². The first-order chi connectivity index (χ1) is 7.90. The summed E-state index contributed by atoms with van der Waals surface area (Å²) in [5.41, 5.74) is 7.99. The van der Waals surface area contributed by atoms with Crippen molar-refractivity contribution in [3.05, 3.63) is 30.1 Å². The summed E-state index contributed by atoms with van der Waals surface area (Å²) in [5, 5.41) is 0. The quantitative estimate of drug-likeness (QED) is 0.850. The monoisotopic (exact) mass is 215 g/mol. The molecule has 0 aliphatic heterocycles. The number of benzene rings is 1. The molecule has 0 saturated heterocycles. The minimum atomic E-state index is 0.699. The smallest absolute Gasteiger partial charge is 0.112 e. The first kappa shape index (κ1) is 9.85. The number of nitrogens with two attached hydrogens (primary N) is 1. The first-order valence-electron chi connectivity index (χ1n) is 6.05. The van der Waals surface area contributed by atoms with Gasteiger partial charge >= 0.3 is 0 Å². The summed E-state index contributed by atoms with van der Waals surface area (Å²) in [6.07, 6.45) is 3.62. The van der Waals surface area contributed by atoms with Crippen LogP contribution in [0.25, 0.3) is 11.0 Å². The predicted octanol–water partition coefficient (Wildman–Crippen LogP) is 2.26. The first-order valence-corrected chi connectivity index (χ1v) is 6.05. The largest absolute Gasteiger partial charge is 0.330 e. The maximum Gasteiger partial charge on any atom is 0.112 e. The second kappa shape index (κ2) is 3.91. The Morgan fingerprint density at radius 2 is 2.12 bits per heavy atom. The lowest BCUT2D eigenvalue weighted by atomic mass is 10.3. The summed E-state index contributed by atoms with van der Waals surface area (Å²) >= 11 is 0. The van der Waals surface area contributed by atoms with E-state index in [0.717, 1.165) is 25.0 Å². The molecule has 1 heterocycles. The van der Waals surface area contributed by atoms with E-state index in [-0.39, 0.29) is 0 Å². The molecule has 0 unspecified atom stereocenters. The summed E-state index contributed by atoms with van der Waals surface area (Å²) in [7, 11) is 0. The van der Waals surface area contributed by atoms with Crippen LogP contribution in [0.5, 0.6) is 0 Å². The zero-order valence-electron chi connectivity index (χ0n) is 9.39. The van der Waals surface area contributed by atoms with Crippen LogP contribution in [0, 0.1) is 0 Å². The molecule has 3 heteroatoms. The van der Waals surface area contributed by atoms with Crippen molar-refractivity contribution in [1.82, 2.24) is 9.55 Å². The molecule has 0 radical (unpaired) electrons. The molecule has 1 aliphatic rings. The maximum absolute atomic E-state index is 5.60. The summed E-state index contributed by atoms with van der Waals surface area (Å²) < 4.78 is 2.36. The standard InChI is InChI=1S/C13H17N3/c14-8-3-9-16-12-5-2-1-4-11(12)15-13(16)10-6-7-10/h1-2,4-5,10H,3,6-9,14H2. The maximum atomic E-state index is 5.60. The molecule has 0 atom stereocenters. The predicted molar refractivity (Wildman–Crippen MR) is 65.4 cm³/mol. The van der Waals surface area contributed by atoms with Crippen molar-refractivity contribution in [3.63, 3.8) is 0 Å². The highest BCUT2D eigenvalue weighted by Gasteiger charge is 2.29. The van der Waals surface area contributed by atoms with Crippen LogP contribution in [0.4, 0.5) is 0 Å². The fourth-order valence-corrected chi connectivity index (χ4v) is 2.23. The molecule has 1 aromatic carbocycles. The minimum absolute atomic E-state index is 0.699. The Balaban J connectivity index is 2.08. The Hall–Kier alpha value is -1.35. The van der Waals surface area contributed by atoms with Gasteiger partial charge in [-0.3, -0.25) is 0 Å². The van der Waals surface area contributed by atoms with Gasteiger partial charge in [0.2, 0.25) is 0 Å². The van der Waals surface area contributed by atoms with E-state index < -0.39 is 0 Å². The number of hydrogen-bond donors (Lipinski definition) is 1. The van der Waals surface area contributed by atoms with Crippen molar-refractivity contribution >= 4 is 11.0 Å². The highest BCUT2D eigenvalue weighted by molar-refractivity contribution is 5.76. The molecule has 1 saturated carbocycles. The average Bonchev–Trinajstić information content (AvgIpc) is 3.09. The van der Waals surface area contributed by atoms with Crippen LogP contribution in [-0.4, -0.2) is 16.1 Å². The van der Waals surface area contributed by atoms with Gasteiger partial charge in [0, 0.05) is 12.5 Å². The number of fused-ring (bicyclic) bond motifs is 1. The van der Waals surface area contributed by atoms with E-state index in [4.69, 9.17) is 10.7 Å². The Morgan fingerprint density at radius 1 is 1.31 bits per heavy atom. The van der Waals surface area contributed by atoms with E-state index in [1.54, 1.807) is 0 Å². The number of nitrogens with zero attached hydrogens (tertiary/aromatic N) is 2. The summed E-state index contributed by atoms with van der Waals surface area (Å²) in [6, 6.07) is 8.39. The zero-order chi connectivity index (χ0) is 11.0. The van der Waals surface area contributed by atoms with Gasteiger partial charge in [-0.25, -0.2) is 4.98 Å². The summed E-state index contributed by atoms with van der Waals surface area (Å²) in [6.45, 7) is 1.75. The van der Waals surface area contributed by atoms with Crippen molar-refractivity contribution in [2.24, 2.45) is 5.73 Å². The van der Waals surface area contributed by atoms with Crippen LogP contribution in [0.1, 0.15) is 31.0 Å². The molecule has 2 N–H and O–H groups in total. The van der Waals surface area contributed by atoms with E-state index in [1.165, 1.54) is 24.2 Å². The van der Waals surface area contributed by atoms with Gasteiger partial charge in [-0.2, -0.15) is 0 Å². The Morgan fingerprint density at radius 3 is 2.88 bits per heavy atom. The molecular weight excluding hydrogens is 198 g/mol. The van der Waals surface area contributed by atoms with Crippen molar-refractivity contribution in [2.75, 3.05) is 6.54 Å². The van der Waals surface area contributed by atoms with E-state index in [0.29, 0.717) is 5.92 Å². The van der Waals surface area contributed by atoms with Crippen LogP contribution in [0.15, 0.2) is 24.3 Å². The SMILES string of the molecule is NCCCn1c(C2CC2)nc2ccccc21. The van der Waals surface area contributed by atoms with E-state index in [1.807, 2.05) is 0 Å². The molecule has 1 aromatic heterocycles. The van der Waals surface area contributed by atoms with Crippen molar-refractivity contribution < 1.29 is 0 Å². The molecule has 2 aromatic rings. The highest BCUT2D eigenvalue weighted by Crippen LogP contribution is 2.40. The third kappa shape index (κ3) is 1.61. The molecule has 0 bridgehead atoms. The zero-order valence-corrected chi connectivity index (χ0v) is 9.39. The summed E-state index contributed by atoms with van der Waals surface area (Å²) in [4.78, 5) is 4.75. The number of aryl methyl sites for hydroxylation is 1. The lowest BCUT2D eigenvalue weighted by Crippen LogP contribution is -2.08. The van der Waals surface area contributed by atoms with Gasteiger partial charge in [0.25, 0.3) is 0 Å². The number of hydrogen-bond acceptors (Lipinski definition) is 2. The molecule has 1 fully saturated rings. The van der Waals surface area contributed by atoms with Crippen LogP contribution < -0.4 is 5.73 Å². The second-order valence-corrected chi connectivity index (χ2v) is 4.53. The molecule has 3 rings (SSSR count). The van der Waals surface area contributed by atoms with Crippen LogP contribution in [0.3, 0.4) is 0 Å². The van der Waals surface area contributed by atoms with E-state index in [2.05, 4.69) is 28.8 Å². The van der Waals surface area contributed by atoms with Gasteiger partial charge in [-0.15, -0.1) is 0 Å². The Kier molecular flexibility index (Phi) is 2.40. The average molecular weight is 215 g/mol. The van der Waals surface area contributed by atoms with Crippen LogP contribution in [0.2, 0.25) is 0 Å². The molecule has 0 amide bonds. The van der Waals surface area contributed by atoms with Crippen molar-refractivity contribution in [2.45, 2.75) is 31.7 Å². The normalized spacial score (nSPS) is 15.8. The van der Waals surface area contributed by atoms with Crippen molar-refractivity contribution in [1.29, 1.82) is 0 Å². The van der Waals surface area contributed by atoms with Gasteiger partial charge in [0.1, 0.15) is 5.82 Å². The van der Waals surface area contributed by atoms with Gasteiger partial charge < -0.3 is 10.3 Å². The number of aromatic nitrogens is 2. The summed E-state index contributed by atoms with van der Waals surface area (Å²) in [5.74, 6) is 1.97. The fourth-order valence-electron chi connectivity index (χ4n) is 2.23. The lowest BCUT2D eigenvalue weighted by Gasteiger charge is -2.07. The number of para-hydroxylation sites is 2. The number of rotatable bonds is 4. The van der Waals surface area contributed by atoms with Crippen LogP contribution in [-0.2, 0) is 6.54 Å².